The highest BCUT2D eigenvalue weighted by Gasteiger charge is 2.37. The zero-order valence-corrected chi connectivity index (χ0v) is 11.6. The number of hydrogen-bond donors (Lipinski definition) is 1. The molecule has 1 N–H and O–H groups in total. The van der Waals surface area contributed by atoms with E-state index in [1.54, 1.807) is 0 Å². The molecule has 2 rings (SSSR count). The number of hydrogen-bond acceptors (Lipinski definition) is 2. The molecule has 1 aliphatic heterocycles. The first-order valence-electron chi connectivity index (χ1n) is 6.40. The van der Waals surface area contributed by atoms with Gasteiger partial charge >= 0.3 is 6.18 Å². The average molecular weight is 307 g/mol. The highest BCUT2D eigenvalue weighted by molar-refractivity contribution is 7.82. The number of halogens is 3. The van der Waals surface area contributed by atoms with E-state index in [4.69, 9.17) is 0 Å². The molecule has 0 aliphatic carbocycles. The van der Waals surface area contributed by atoms with E-state index in [2.05, 4.69) is 0 Å². The lowest BCUT2D eigenvalue weighted by Crippen LogP contribution is -2.43. The van der Waals surface area contributed by atoms with Gasteiger partial charge in [-0.3, -0.25) is 0 Å². The topological polar surface area (TPSA) is 40.5 Å². The standard InChI is InChI=1S/C13H16F3NO2S/c14-13(15,16)11-6-1-2-7-12(11)20(19)17-8-4-3-5-10(17)9-18/h1-2,6-7,10,18H,3-5,8-9H2. The number of aliphatic hydroxyl groups is 1. The molecule has 1 saturated heterocycles. The van der Waals surface area contributed by atoms with E-state index in [1.165, 1.54) is 22.5 Å². The van der Waals surface area contributed by atoms with Gasteiger partial charge in [0.05, 0.1) is 17.1 Å². The molecule has 7 heteroatoms. The Kier molecular flexibility index (Phi) is 4.82. The van der Waals surface area contributed by atoms with Gasteiger partial charge in [-0.1, -0.05) is 18.6 Å². The van der Waals surface area contributed by atoms with E-state index < -0.39 is 22.7 Å². The third kappa shape index (κ3) is 3.21. The summed E-state index contributed by atoms with van der Waals surface area (Å²) < 4.78 is 52.8. The van der Waals surface area contributed by atoms with Crippen molar-refractivity contribution in [1.29, 1.82) is 0 Å². The van der Waals surface area contributed by atoms with Crippen molar-refractivity contribution < 1.29 is 22.5 Å². The first-order valence-corrected chi connectivity index (χ1v) is 7.51. The van der Waals surface area contributed by atoms with E-state index in [0.717, 1.165) is 18.9 Å². The summed E-state index contributed by atoms with van der Waals surface area (Å²) in [5, 5.41) is 9.29. The van der Waals surface area contributed by atoms with E-state index in [1.807, 2.05) is 0 Å². The molecule has 1 fully saturated rings. The van der Waals surface area contributed by atoms with Crippen LogP contribution in [-0.2, 0) is 17.2 Å². The SMILES string of the molecule is O=S(c1ccccc1C(F)(F)F)N1CCCCC1CO. The summed E-state index contributed by atoms with van der Waals surface area (Å²) in [4.78, 5) is -0.236. The van der Waals surface area contributed by atoms with Gasteiger partial charge in [-0.25, -0.2) is 8.51 Å². The molecule has 20 heavy (non-hydrogen) atoms. The lowest BCUT2D eigenvalue weighted by Gasteiger charge is -2.33. The first kappa shape index (κ1) is 15.5. The summed E-state index contributed by atoms with van der Waals surface area (Å²) >= 11 is 0. The van der Waals surface area contributed by atoms with E-state index in [0.29, 0.717) is 13.0 Å². The smallest absolute Gasteiger partial charge is 0.395 e. The molecule has 2 unspecified atom stereocenters. The van der Waals surface area contributed by atoms with Gasteiger partial charge in [0.15, 0.2) is 0 Å². The summed E-state index contributed by atoms with van der Waals surface area (Å²) in [6.07, 6.45) is -2.22. The number of rotatable bonds is 3. The molecule has 0 spiro atoms. The van der Waals surface area contributed by atoms with Gasteiger partial charge in [-0.15, -0.1) is 0 Å². The first-order chi connectivity index (χ1) is 9.45. The fourth-order valence-electron chi connectivity index (χ4n) is 2.35. The molecule has 1 aliphatic rings. The molecule has 1 heterocycles. The van der Waals surface area contributed by atoms with Crippen LogP contribution in [0.2, 0.25) is 0 Å². The molecule has 3 nitrogen and oxygen atoms in total. The second-order valence-corrected chi connectivity index (χ2v) is 6.12. The maximum Gasteiger partial charge on any atom is 0.417 e. The largest absolute Gasteiger partial charge is 0.417 e. The van der Waals surface area contributed by atoms with Gasteiger partial charge in [0.25, 0.3) is 0 Å². The van der Waals surface area contributed by atoms with Crippen molar-refractivity contribution in [3.63, 3.8) is 0 Å². The van der Waals surface area contributed by atoms with Crippen LogP contribution in [0, 0.1) is 0 Å². The third-order valence-corrected chi connectivity index (χ3v) is 5.02. The molecule has 0 amide bonds. The highest BCUT2D eigenvalue weighted by Crippen LogP contribution is 2.35. The molecule has 0 aromatic heterocycles. The molecule has 112 valence electrons. The second kappa shape index (κ2) is 6.24. The van der Waals surface area contributed by atoms with Gasteiger partial charge in [-0.2, -0.15) is 13.2 Å². The van der Waals surface area contributed by atoms with E-state index >= 15 is 0 Å². The predicted molar refractivity (Wildman–Crippen MR) is 69.3 cm³/mol. The molecule has 0 radical (unpaired) electrons. The van der Waals surface area contributed by atoms with Crippen LogP contribution in [0.15, 0.2) is 29.2 Å². The van der Waals surface area contributed by atoms with Crippen LogP contribution < -0.4 is 0 Å². The number of aliphatic hydroxyl groups excluding tert-OH is 1. The van der Waals surface area contributed by atoms with Crippen LogP contribution in [0.5, 0.6) is 0 Å². The van der Waals surface area contributed by atoms with Crippen molar-refractivity contribution in [3.8, 4) is 0 Å². The molecule has 1 aromatic carbocycles. The van der Waals surface area contributed by atoms with Crippen LogP contribution in [0.3, 0.4) is 0 Å². The normalized spacial score (nSPS) is 22.7. The number of nitrogens with zero attached hydrogens (tertiary/aromatic N) is 1. The summed E-state index contributed by atoms with van der Waals surface area (Å²) in [5.74, 6) is 0. The van der Waals surface area contributed by atoms with Crippen molar-refractivity contribution in [2.24, 2.45) is 0 Å². The van der Waals surface area contributed by atoms with Gasteiger partial charge in [0.2, 0.25) is 0 Å². The highest BCUT2D eigenvalue weighted by atomic mass is 32.2. The maximum absolute atomic E-state index is 13.0. The number of benzene rings is 1. The Morgan fingerprint density at radius 3 is 2.65 bits per heavy atom. The van der Waals surface area contributed by atoms with Crippen LogP contribution in [0.1, 0.15) is 24.8 Å². The number of piperidine rings is 1. The molecule has 0 saturated carbocycles. The Morgan fingerprint density at radius 2 is 2.00 bits per heavy atom. The fourth-order valence-corrected chi connectivity index (χ4v) is 3.91. The Labute approximate surface area is 118 Å². The number of alkyl halides is 3. The minimum Gasteiger partial charge on any atom is -0.395 e. The van der Waals surface area contributed by atoms with Gasteiger partial charge < -0.3 is 5.11 Å². The van der Waals surface area contributed by atoms with Gasteiger partial charge in [0, 0.05) is 12.6 Å². The molecular formula is C13H16F3NO2S. The third-order valence-electron chi connectivity index (χ3n) is 3.38. The maximum atomic E-state index is 13.0. The molecule has 0 bridgehead atoms. The van der Waals surface area contributed by atoms with Crippen molar-refractivity contribution in [1.82, 2.24) is 4.31 Å². The summed E-state index contributed by atoms with van der Waals surface area (Å²) in [7, 11) is -1.90. The summed E-state index contributed by atoms with van der Waals surface area (Å²) in [6, 6.07) is 4.56. The van der Waals surface area contributed by atoms with Crippen molar-refractivity contribution in [2.75, 3.05) is 13.2 Å². The van der Waals surface area contributed by atoms with Crippen molar-refractivity contribution in [3.05, 3.63) is 29.8 Å². The van der Waals surface area contributed by atoms with Crippen molar-refractivity contribution >= 4 is 11.0 Å². The zero-order chi connectivity index (χ0) is 14.8. The average Bonchev–Trinajstić information content (AvgIpc) is 2.45. The van der Waals surface area contributed by atoms with Crippen LogP contribution in [0.4, 0.5) is 13.2 Å². The minimum atomic E-state index is -4.53. The van der Waals surface area contributed by atoms with Crippen LogP contribution in [-0.4, -0.2) is 32.8 Å². The van der Waals surface area contributed by atoms with Crippen LogP contribution >= 0.6 is 0 Å². The molecular weight excluding hydrogens is 291 g/mol. The van der Waals surface area contributed by atoms with Gasteiger partial charge in [-0.05, 0) is 25.0 Å². The summed E-state index contributed by atoms with van der Waals surface area (Å²) in [5.41, 5.74) is -0.874. The predicted octanol–water partition coefficient (Wildman–Crippen LogP) is 2.57. The molecule has 1 aromatic rings. The van der Waals surface area contributed by atoms with Crippen molar-refractivity contribution in [2.45, 2.75) is 36.4 Å². The lowest BCUT2D eigenvalue weighted by molar-refractivity contribution is -0.139. The summed E-state index contributed by atoms with van der Waals surface area (Å²) in [6.45, 7) is 0.240. The minimum absolute atomic E-state index is 0.195. The van der Waals surface area contributed by atoms with E-state index in [9.17, 15) is 22.5 Å². The second-order valence-electron chi connectivity index (χ2n) is 4.72. The van der Waals surface area contributed by atoms with Gasteiger partial charge in [0.1, 0.15) is 11.0 Å². The molecule has 2 atom stereocenters. The Bertz CT molecular complexity index is 493. The van der Waals surface area contributed by atoms with E-state index in [-0.39, 0.29) is 17.5 Å². The lowest BCUT2D eigenvalue weighted by atomic mass is 10.1. The van der Waals surface area contributed by atoms with Crippen LogP contribution in [0.25, 0.3) is 0 Å². The Morgan fingerprint density at radius 1 is 1.30 bits per heavy atom. The zero-order valence-electron chi connectivity index (χ0n) is 10.8. The Hall–Kier alpha value is -0.920. The Balaban J connectivity index is 2.33. The fraction of sp³-hybridized carbons (Fsp3) is 0.538. The monoisotopic (exact) mass is 307 g/mol. The quantitative estimate of drug-likeness (QED) is 0.932.